The third-order valence-electron chi connectivity index (χ3n) is 4.75. The van der Waals surface area contributed by atoms with Crippen LogP contribution in [0.5, 0.6) is 0 Å². The van der Waals surface area contributed by atoms with E-state index in [-0.39, 0.29) is 23.5 Å². The fraction of sp³-hybridized carbons (Fsp3) is 0.500. The monoisotopic (exact) mass is 374 g/mol. The largest absolute Gasteiger partial charge is 0.441 e. The highest BCUT2D eigenvalue weighted by atomic mass is 32.2. The van der Waals surface area contributed by atoms with Crippen molar-refractivity contribution in [3.8, 4) is 11.5 Å². The highest BCUT2D eigenvalue weighted by Gasteiger charge is 2.19. The number of aryl methyl sites for hydroxylation is 2. The first kappa shape index (κ1) is 18.8. The minimum absolute atomic E-state index is 0.0165. The van der Waals surface area contributed by atoms with Gasteiger partial charge in [0.15, 0.2) is 0 Å². The normalized spacial score (nSPS) is 16.4. The Balaban J connectivity index is 1.57. The van der Waals surface area contributed by atoms with Gasteiger partial charge in [-0.15, -0.1) is 0 Å². The van der Waals surface area contributed by atoms with Crippen molar-refractivity contribution in [1.29, 1.82) is 0 Å². The maximum absolute atomic E-state index is 12.4. The van der Waals surface area contributed by atoms with Crippen LogP contribution >= 0.6 is 0 Å². The highest BCUT2D eigenvalue weighted by Crippen LogP contribution is 2.23. The molecule has 1 heterocycles. The lowest BCUT2D eigenvalue weighted by Crippen LogP contribution is -2.38. The van der Waals surface area contributed by atoms with E-state index >= 15 is 0 Å². The molecule has 1 aromatic heterocycles. The second kappa shape index (κ2) is 8.62. The molecule has 0 saturated heterocycles. The Morgan fingerprint density at radius 3 is 2.58 bits per heavy atom. The van der Waals surface area contributed by atoms with Gasteiger partial charge in [-0.05, 0) is 38.8 Å². The molecule has 140 valence electrons. The smallest absolute Gasteiger partial charge is 0.232 e. The summed E-state index contributed by atoms with van der Waals surface area (Å²) in [5.41, 5.74) is 2.72. The van der Waals surface area contributed by atoms with Crippen molar-refractivity contribution in [3.05, 3.63) is 41.3 Å². The standard InChI is InChI=1S/C20H26N2O3S/c1-14-8-10-16(11-9-14)20-22-18(15(2)25-20)12-26(24)13-19(23)21-17-6-4-3-5-7-17/h8-11,17H,3-7,12-13H2,1-2H3,(H,21,23)/t26-/m0/s1. The first-order valence-corrected chi connectivity index (χ1v) is 10.7. The van der Waals surface area contributed by atoms with Gasteiger partial charge in [-0.2, -0.15) is 0 Å². The summed E-state index contributed by atoms with van der Waals surface area (Å²) in [6, 6.07) is 8.16. The molecule has 5 nitrogen and oxygen atoms in total. The van der Waals surface area contributed by atoms with Gasteiger partial charge in [0.25, 0.3) is 0 Å². The molecule has 1 saturated carbocycles. The summed E-state index contributed by atoms with van der Waals surface area (Å²) in [4.78, 5) is 16.6. The van der Waals surface area contributed by atoms with Crippen molar-refractivity contribution in [2.45, 2.75) is 57.7 Å². The summed E-state index contributed by atoms with van der Waals surface area (Å²) >= 11 is 0. The molecule has 1 aliphatic carbocycles. The van der Waals surface area contributed by atoms with Crippen molar-refractivity contribution in [2.24, 2.45) is 0 Å². The minimum Gasteiger partial charge on any atom is -0.441 e. The predicted octanol–water partition coefficient (Wildman–Crippen LogP) is 3.66. The molecule has 0 spiro atoms. The molecule has 1 aromatic carbocycles. The number of hydrogen-bond acceptors (Lipinski definition) is 4. The number of hydrogen-bond donors (Lipinski definition) is 1. The summed E-state index contributed by atoms with van der Waals surface area (Å²) in [7, 11) is -1.30. The number of amides is 1. The van der Waals surface area contributed by atoms with Crippen LogP contribution in [0.3, 0.4) is 0 Å². The number of nitrogens with one attached hydrogen (secondary N) is 1. The van der Waals surface area contributed by atoms with E-state index in [2.05, 4.69) is 10.3 Å². The second-order valence-electron chi connectivity index (χ2n) is 7.02. The predicted molar refractivity (Wildman–Crippen MR) is 103 cm³/mol. The minimum atomic E-state index is -1.30. The molecule has 2 aromatic rings. The van der Waals surface area contributed by atoms with Crippen molar-refractivity contribution in [1.82, 2.24) is 10.3 Å². The zero-order chi connectivity index (χ0) is 18.5. The van der Waals surface area contributed by atoms with E-state index < -0.39 is 10.8 Å². The fourth-order valence-electron chi connectivity index (χ4n) is 3.25. The van der Waals surface area contributed by atoms with Gasteiger partial charge in [0.2, 0.25) is 11.8 Å². The number of aromatic nitrogens is 1. The average molecular weight is 375 g/mol. The zero-order valence-corrected chi connectivity index (χ0v) is 16.2. The lowest BCUT2D eigenvalue weighted by atomic mass is 9.95. The second-order valence-corrected chi connectivity index (χ2v) is 8.48. The van der Waals surface area contributed by atoms with Crippen molar-refractivity contribution in [2.75, 3.05) is 5.75 Å². The van der Waals surface area contributed by atoms with Crippen LogP contribution in [0.2, 0.25) is 0 Å². The molecule has 0 radical (unpaired) electrons. The molecule has 3 rings (SSSR count). The van der Waals surface area contributed by atoms with Crippen LogP contribution in [0.4, 0.5) is 0 Å². The molecule has 1 atom stereocenters. The van der Waals surface area contributed by atoms with Gasteiger partial charge in [0.1, 0.15) is 11.5 Å². The molecule has 0 aliphatic heterocycles. The average Bonchev–Trinajstić information content (AvgIpc) is 2.96. The summed E-state index contributed by atoms with van der Waals surface area (Å²) in [5, 5.41) is 3.01. The Morgan fingerprint density at radius 2 is 1.88 bits per heavy atom. The lowest BCUT2D eigenvalue weighted by molar-refractivity contribution is -0.119. The van der Waals surface area contributed by atoms with Gasteiger partial charge < -0.3 is 9.73 Å². The van der Waals surface area contributed by atoms with Crippen LogP contribution in [-0.2, 0) is 21.3 Å². The molecular formula is C20H26N2O3S. The molecule has 1 aliphatic rings. The SMILES string of the molecule is Cc1ccc(-c2nc(C[S@](=O)CC(=O)NC3CCCCC3)c(C)o2)cc1. The van der Waals surface area contributed by atoms with E-state index in [0.29, 0.717) is 17.3 Å². The van der Waals surface area contributed by atoms with Gasteiger partial charge in [-0.1, -0.05) is 37.0 Å². The van der Waals surface area contributed by atoms with Crippen LogP contribution in [0.25, 0.3) is 11.5 Å². The van der Waals surface area contributed by atoms with Crippen LogP contribution in [0, 0.1) is 13.8 Å². The molecule has 0 unspecified atom stereocenters. The Morgan fingerprint density at radius 1 is 1.19 bits per heavy atom. The molecular weight excluding hydrogens is 348 g/mol. The van der Waals surface area contributed by atoms with E-state index in [0.717, 1.165) is 31.2 Å². The van der Waals surface area contributed by atoms with Crippen molar-refractivity contribution < 1.29 is 13.4 Å². The number of oxazole rings is 1. The summed E-state index contributed by atoms with van der Waals surface area (Å²) < 4.78 is 18.1. The van der Waals surface area contributed by atoms with Gasteiger partial charge in [-0.3, -0.25) is 9.00 Å². The van der Waals surface area contributed by atoms with Crippen molar-refractivity contribution in [3.63, 3.8) is 0 Å². The fourth-order valence-corrected chi connectivity index (χ4v) is 4.30. The molecule has 1 amide bonds. The molecule has 1 N–H and O–H groups in total. The van der Waals surface area contributed by atoms with E-state index in [1.807, 2.05) is 38.1 Å². The molecule has 0 bridgehead atoms. The summed E-state index contributed by atoms with van der Waals surface area (Å²) in [6.07, 6.45) is 5.62. The van der Waals surface area contributed by atoms with Gasteiger partial charge in [-0.25, -0.2) is 4.98 Å². The van der Waals surface area contributed by atoms with E-state index in [1.54, 1.807) is 0 Å². The van der Waals surface area contributed by atoms with Crippen LogP contribution < -0.4 is 5.32 Å². The first-order chi connectivity index (χ1) is 12.5. The maximum Gasteiger partial charge on any atom is 0.232 e. The van der Waals surface area contributed by atoms with E-state index in [4.69, 9.17) is 4.42 Å². The number of nitrogens with zero attached hydrogens (tertiary/aromatic N) is 1. The van der Waals surface area contributed by atoms with Gasteiger partial charge in [0.05, 0.1) is 11.4 Å². The van der Waals surface area contributed by atoms with Crippen LogP contribution in [0.1, 0.15) is 49.1 Å². The third kappa shape index (κ3) is 5.04. The Kier molecular flexibility index (Phi) is 6.25. The number of carbonyl (C=O) groups is 1. The van der Waals surface area contributed by atoms with Crippen LogP contribution in [0.15, 0.2) is 28.7 Å². The van der Waals surface area contributed by atoms with Gasteiger partial charge >= 0.3 is 0 Å². The third-order valence-corrected chi connectivity index (χ3v) is 5.93. The number of rotatable bonds is 6. The Hall–Kier alpha value is -1.95. The summed E-state index contributed by atoms with van der Waals surface area (Å²) in [5.74, 6) is 1.31. The van der Waals surface area contributed by atoms with Crippen LogP contribution in [-0.4, -0.2) is 26.9 Å². The zero-order valence-electron chi connectivity index (χ0n) is 15.4. The first-order valence-electron chi connectivity index (χ1n) is 9.19. The van der Waals surface area contributed by atoms with E-state index in [9.17, 15) is 9.00 Å². The molecule has 26 heavy (non-hydrogen) atoms. The Bertz CT molecular complexity index is 777. The highest BCUT2D eigenvalue weighted by molar-refractivity contribution is 7.84. The topological polar surface area (TPSA) is 72.2 Å². The molecule has 6 heteroatoms. The van der Waals surface area contributed by atoms with Gasteiger partial charge in [0, 0.05) is 22.4 Å². The lowest BCUT2D eigenvalue weighted by Gasteiger charge is -2.22. The van der Waals surface area contributed by atoms with Crippen molar-refractivity contribution >= 4 is 16.7 Å². The summed E-state index contributed by atoms with van der Waals surface area (Å²) in [6.45, 7) is 3.84. The number of carbonyl (C=O) groups excluding carboxylic acids is 1. The number of benzene rings is 1. The van der Waals surface area contributed by atoms with E-state index in [1.165, 1.54) is 12.0 Å². The molecule has 1 fully saturated rings. The maximum atomic E-state index is 12.4. The Labute approximate surface area is 157 Å². The quantitative estimate of drug-likeness (QED) is 0.838.